The molecule has 0 amide bonds. The van der Waals surface area contributed by atoms with Crippen LogP contribution < -0.4 is 4.72 Å². The van der Waals surface area contributed by atoms with E-state index in [-0.39, 0.29) is 12.1 Å². The Bertz CT molecular complexity index is 598. The van der Waals surface area contributed by atoms with Crippen molar-refractivity contribution >= 4 is 10.0 Å². The van der Waals surface area contributed by atoms with Gasteiger partial charge in [-0.05, 0) is 62.3 Å². The molecular formula is C15H23NO3S. The molecule has 112 valence electrons. The molecule has 1 fully saturated rings. The first kappa shape index (κ1) is 15.5. The van der Waals surface area contributed by atoms with E-state index in [1.54, 1.807) is 6.07 Å². The average Bonchev–Trinajstić information content (AvgIpc) is 2.36. The van der Waals surface area contributed by atoms with E-state index in [1.165, 1.54) is 0 Å². The van der Waals surface area contributed by atoms with E-state index in [2.05, 4.69) is 4.72 Å². The van der Waals surface area contributed by atoms with Crippen LogP contribution >= 0.6 is 0 Å². The third-order valence-electron chi connectivity index (χ3n) is 4.49. The highest BCUT2D eigenvalue weighted by atomic mass is 32.2. The highest BCUT2D eigenvalue weighted by Gasteiger charge is 2.39. The van der Waals surface area contributed by atoms with Crippen molar-refractivity contribution in [2.75, 3.05) is 0 Å². The first-order valence-electron chi connectivity index (χ1n) is 7.08. The number of aliphatic hydroxyl groups excluding tert-OH is 1. The Labute approximate surface area is 121 Å². The monoisotopic (exact) mass is 297 g/mol. The Morgan fingerprint density at radius 3 is 2.40 bits per heavy atom. The van der Waals surface area contributed by atoms with Crippen LogP contribution in [0.4, 0.5) is 0 Å². The van der Waals surface area contributed by atoms with Gasteiger partial charge in [-0.1, -0.05) is 13.0 Å². The molecule has 0 aromatic heterocycles. The molecule has 0 spiro atoms. The van der Waals surface area contributed by atoms with Crippen molar-refractivity contribution in [2.24, 2.45) is 0 Å². The van der Waals surface area contributed by atoms with Gasteiger partial charge in [-0.15, -0.1) is 0 Å². The van der Waals surface area contributed by atoms with E-state index < -0.39 is 10.0 Å². The predicted molar refractivity (Wildman–Crippen MR) is 79.0 cm³/mol. The predicted octanol–water partition coefficient (Wildman–Crippen LogP) is 2.41. The van der Waals surface area contributed by atoms with Crippen LogP contribution in [0.2, 0.25) is 0 Å². The summed E-state index contributed by atoms with van der Waals surface area (Å²) in [5.74, 6) is 0. The van der Waals surface area contributed by atoms with Gasteiger partial charge in [-0.3, -0.25) is 0 Å². The van der Waals surface area contributed by atoms with Crippen LogP contribution in [0, 0.1) is 13.8 Å². The van der Waals surface area contributed by atoms with E-state index in [1.807, 2.05) is 26.8 Å². The molecule has 4 nitrogen and oxygen atoms in total. The number of hydrogen-bond acceptors (Lipinski definition) is 3. The lowest BCUT2D eigenvalue weighted by Crippen LogP contribution is -2.52. The molecule has 0 heterocycles. The Balaban J connectivity index is 2.41. The number of aliphatic hydroxyl groups is 1. The molecule has 20 heavy (non-hydrogen) atoms. The van der Waals surface area contributed by atoms with E-state index in [0.717, 1.165) is 36.8 Å². The fourth-order valence-electron chi connectivity index (χ4n) is 2.74. The first-order chi connectivity index (χ1) is 9.33. The third kappa shape index (κ3) is 2.75. The molecule has 0 atom stereocenters. The molecule has 1 aromatic rings. The normalized spacial score (nSPS) is 17.8. The Morgan fingerprint density at radius 2 is 1.95 bits per heavy atom. The van der Waals surface area contributed by atoms with E-state index in [0.29, 0.717) is 10.5 Å². The molecule has 0 aliphatic heterocycles. The molecule has 0 bridgehead atoms. The molecule has 2 N–H and O–H groups in total. The maximum Gasteiger partial charge on any atom is 0.241 e. The number of aryl methyl sites for hydroxylation is 1. The zero-order chi connectivity index (χ0) is 15.0. The molecule has 1 saturated carbocycles. The van der Waals surface area contributed by atoms with Gasteiger partial charge >= 0.3 is 0 Å². The second-order valence-corrected chi connectivity index (χ2v) is 7.44. The smallest absolute Gasteiger partial charge is 0.241 e. The summed E-state index contributed by atoms with van der Waals surface area (Å²) < 4.78 is 28.2. The Kier molecular flexibility index (Phi) is 4.23. The number of rotatable bonds is 5. The second-order valence-electron chi connectivity index (χ2n) is 5.79. The minimum atomic E-state index is -3.54. The van der Waals surface area contributed by atoms with Crippen molar-refractivity contribution < 1.29 is 13.5 Å². The van der Waals surface area contributed by atoms with Crippen molar-refractivity contribution in [3.8, 4) is 0 Å². The van der Waals surface area contributed by atoms with Crippen LogP contribution in [0.1, 0.15) is 49.3 Å². The van der Waals surface area contributed by atoms with Crippen LogP contribution in [-0.4, -0.2) is 19.1 Å². The van der Waals surface area contributed by atoms with Crippen molar-refractivity contribution in [3.05, 3.63) is 28.8 Å². The summed E-state index contributed by atoms with van der Waals surface area (Å²) >= 11 is 0. The summed E-state index contributed by atoms with van der Waals surface area (Å²) in [5.41, 5.74) is 2.00. The molecule has 0 saturated heterocycles. The van der Waals surface area contributed by atoms with E-state index in [9.17, 15) is 13.5 Å². The summed E-state index contributed by atoms with van der Waals surface area (Å²) in [6, 6.07) is 3.40. The molecule has 2 rings (SSSR count). The van der Waals surface area contributed by atoms with Gasteiger partial charge in [0.2, 0.25) is 10.0 Å². The van der Waals surface area contributed by atoms with Crippen molar-refractivity contribution in [3.63, 3.8) is 0 Å². The topological polar surface area (TPSA) is 66.4 Å². The van der Waals surface area contributed by atoms with Crippen LogP contribution in [0.5, 0.6) is 0 Å². The van der Waals surface area contributed by atoms with Crippen molar-refractivity contribution in [2.45, 2.75) is 63.5 Å². The van der Waals surface area contributed by atoms with Crippen molar-refractivity contribution in [1.82, 2.24) is 4.72 Å². The summed E-state index contributed by atoms with van der Waals surface area (Å²) in [5, 5.41) is 9.26. The van der Waals surface area contributed by atoms with Crippen LogP contribution in [0.3, 0.4) is 0 Å². The summed E-state index contributed by atoms with van der Waals surface area (Å²) in [6.45, 7) is 5.55. The van der Waals surface area contributed by atoms with Gasteiger partial charge in [0.25, 0.3) is 0 Å². The number of sulfonamides is 1. The SMILES string of the molecule is CCC1(NS(=O)(=O)c2cc(CO)cc(C)c2C)CCC1. The van der Waals surface area contributed by atoms with Crippen LogP contribution in [0.25, 0.3) is 0 Å². The summed E-state index contributed by atoms with van der Waals surface area (Å²) in [6.07, 6.45) is 3.69. The Morgan fingerprint density at radius 1 is 1.30 bits per heavy atom. The number of benzene rings is 1. The van der Waals surface area contributed by atoms with Gasteiger partial charge in [0, 0.05) is 5.54 Å². The molecule has 5 heteroatoms. The average molecular weight is 297 g/mol. The maximum atomic E-state index is 12.6. The molecule has 1 aliphatic carbocycles. The number of nitrogens with one attached hydrogen (secondary N) is 1. The van der Waals surface area contributed by atoms with Gasteiger partial charge in [0.15, 0.2) is 0 Å². The van der Waals surface area contributed by atoms with Gasteiger partial charge in [0.1, 0.15) is 0 Å². The highest BCUT2D eigenvalue weighted by molar-refractivity contribution is 7.89. The quantitative estimate of drug-likeness (QED) is 0.877. The van der Waals surface area contributed by atoms with Gasteiger partial charge in [-0.2, -0.15) is 0 Å². The molecule has 0 radical (unpaired) electrons. The van der Waals surface area contributed by atoms with Crippen LogP contribution in [-0.2, 0) is 16.6 Å². The highest BCUT2D eigenvalue weighted by Crippen LogP contribution is 2.36. The maximum absolute atomic E-state index is 12.6. The second kappa shape index (κ2) is 5.47. The minimum Gasteiger partial charge on any atom is -0.392 e. The molecule has 0 unspecified atom stereocenters. The number of hydrogen-bond donors (Lipinski definition) is 2. The third-order valence-corrected chi connectivity index (χ3v) is 6.19. The lowest BCUT2D eigenvalue weighted by molar-refractivity contribution is 0.214. The van der Waals surface area contributed by atoms with E-state index in [4.69, 9.17) is 0 Å². The zero-order valence-corrected chi connectivity index (χ0v) is 13.2. The van der Waals surface area contributed by atoms with E-state index >= 15 is 0 Å². The lowest BCUT2D eigenvalue weighted by atomic mass is 9.76. The first-order valence-corrected chi connectivity index (χ1v) is 8.57. The fraction of sp³-hybridized carbons (Fsp3) is 0.600. The van der Waals surface area contributed by atoms with Crippen molar-refractivity contribution in [1.29, 1.82) is 0 Å². The zero-order valence-electron chi connectivity index (χ0n) is 12.4. The summed E-state index contributed by atoms with van der Waals surface area (Å²) in [7, 11) is -3.54. The minimum absolute atomic E-state index is 0.150. The van der Waals surface area contributed by atoms with Gasteiger partial charge in [0.05, 0.1) is 11.5 Å². The summed E-state index contributed by atoms with van der Waals surface area (Å²) in [4.78, 5) is 0.293. The molecule has 1 aliphatic rings. The Hall–Kier alpha value is -0.910. The van der Waals surface area contributed by atoms with Crippen LogP contribution in [0.15, 0.2) is 17.0 Å². The lowest BCUT2D eigenvalue weighted by Gasteiger charge is -2.41. The molecular weight excluding hydrogens is 274 g/mol. The largest absolute Gasteiger partial charge is 0.392 e. The van der Waals surface area contributed by atoms with Gasteiger partial charge in [-0.25, -0.2) is 13.1 Å². The fourth-order valence-corrected chi connectivity index (χ4v) is 4.64. The van der Waals surface area contributed by atoms with Gasteiger partial charge < -0.3 is 5.11 Å². The molecule has 1 aromatic carbocycles. The standard InChI is InChI=1S/C15H23NO3S/c1-4-15(6-5-7-15)16-20(18,19)14-9-13(10-17)8-11(2)12(14)3/h8-9,16-17H,4-7,10H2,1-3H3.